The number of nitrogens with one attached hydrogen (secondary N) is 1. The van der Waals surface area contributed by atoms with Crippen molar-refractivity contribution in [2.75, 3.05) is 0 Å². The van der Waals surface area contributed by atoms with E-state index in [0.717, 1.165) is 16.7 Å². The quantitative estimate of drug-likeness (QED) is 0.853. The van der Waals surface area contributed by atoms with Gasteiger partial charge >= 0.3 is 6.09 Å². The number of aldehydes is 1. The molecule has 1 aromatic carbocycles. The van der Waals surface area contributed by atoms with Crippen LogP contribution in [0.3, 0.4) is 0 Å². The largest absolute Gasteiger partial charge is 0.444 e. The maximum absolute atomic E-state index is 11.7. The lowest BCUT2D eigenvalue weighted by molar-refractivity contribution is -0.109. The van der Waals surface area contributed by atoms with Gasteiger partial charge in [-0.1, -0.05) is 18.2 Å². The van der Waals surface area contributed by atoms with E-state index in [1.165, 1.54) is 0 Å². The third-order valence-corrected chi connectivity index (χ3v) is 2.70. The lowest BCUT2D eigenvalue weighted by atomic mass is 10.0. The van der Waals surface area contributed by atoms with Gasteiger partial charge in [-0.25, -0.2) is 4.79 Å². The van der Waals surface area contributed by atoms with Crippen molar-refractivity contribution >= 4 is 12.4 Å². The molecule has 1 rings (SSSR count). The van der Waals surface area contributed by atoms with Gasteiger partial charge in [-0.15, -0.1) is 0 Å². The van der Waals surface area contributed by atoms with Crippen LogP contribution in [0.1, 0.15) is 43.5 Å². The fourth-order valence-electron chi connectivity index (χ4n) is 1.59. The average Bonchev–Trinajstić information content (AvgIpc) is 2.27. The minimum atomic E-state index is -0.686. The zero-order chi connectivity index (χ0) is 14.6. The number of carbonyl (C=O) groups is 2. The first-order valence-corrected chi connectivity index (χ1v) is 6.25. The molecule has 0 aliphatic carbocycles. The third-order valence-electron chi connectivity index (χ3n) is 2.70. The van der Waals surface area contributed by atoms with E-state index in [-0.39, 0.29) is 0 Å². The Morgan fingerprint density at radius 3 is 2.37 bits per heavy atom. The van der Waals surface area contributed by atoms with Crippen molar-refractivity contribution in [3.05, 3.63) is 34.9 Å². The molecule has 1 aromatic rings. The van der Waals surface area contributed by atoms with Gasteiger partial charge in [0.05, 0.1) is 0 Å². The van der Waals surface area contributed by atoms with Gasteiger partial charge in [0.15, 0.2) is 0 Å². The van der Waals surface area contributed by atoms with Gasteiger partial charge in [-0.2, -0.15) is 0 Å². The van der Waals surface area contributed by atoms with E-state index in [9.17, 15) is 9.59 Å². The molecule has 1 amide bonds. The lowest BCUT2D eigenvalue weighted by Gasteiger charge is -2.21. The SMILES string of the molecule is Cc1ccc(C(C=O)NC(=O)OC(C)(C)C)cc1C. The molecule has 0 saturated heterocycles. The average molecular weight is 263 g/mol. The number of alkyl carbamates (subject to hydrolysis) is 1. The number of aryl methyl sites for hydroxylation is 2. The first kappa shape index (κ1) is 15.2. The molecule has 0 heterocycles. The van der Waals surface area contributed by atoms with Crippen LogP contribution in [-0.2, 0) is 9.53 Å². The number of rotatable bonds is 3. The molecule has 1 unspecified atom stereocenters. The van der Waals surface area contributed by atoms with Gasteiger partial charge in [-0.05, 0) is 51.3 Å². The zero-order valence-corrected chi connectivity index (χ0v) is 12.1. The number of hydrogen-bond acceptors (Lipinski definition) is 3. The van der Waals surface area contributed by atoms with Crippen molar-refractivity contribution in [1.29, 1.82) is 0 Å². The van der Waals surface area contributed by atoms with Gasteiger partial charge in [-0.3, -0.25) is 0 Å². The maximum Gasteiger partial charge on any atom is 0.408 e. The second-order valence-corrected chi connectivity index (χ2v) is 5.60. The fraction of sp³-hybridized carbons (Fsp3) is 0.467. The molecule has 0 aliphatic heterocycles. The highest BCUT2D eigenvalue weighted by atomic mass is 16.6. The molecule has 4 nitrogen and oxygen atoms in total. The van der Waals surface area contributed by atoms with Crippen molar-refractivity contribution in [3.63, 3.8) is 0 Å². The van der Waals surface area contributed by atoms with Gasteiger partial charge in [0.2, 0.25) is 0 Å². The normalized spacial score (nSPS) is 12.7. The van der Waals surface area contributed by atoms with Gasteiger partial charge in [0, 0.05) is 0 Å². The first-order valence-electron chi connectivity index (χ1n) is 6.25. The minimum absolute atomic E-state index is 0.583. The van der Waals surface area contributed by atoms with Crippen LogP contribution in [0.15, 0.2) is 18.2 Å². The standard InChI is InChI=1S/C15H21NO3/c1-10-6-7-12(8-11(10)2)13(9-17)16-14(18)19-15(3,4)5/h6-9,13H,1-5H3,(H,16,18). The number of ether oxygens (including phenoxy) is 1. The van der Waals surface area contributed by atoms with Crippen molar-refractivity contribution in [1.82, 2.24) is 5.32 Å². The summed E-state index contributed by atoms with van der Waals surface area (Å²) >= 11 is 0. The van der Waals surface area contributed by atoms with Crippen molar-refractivity contribution in [2.45, 2.75) is 46.3 Å². The van der Waals surface area contributed by atoms with Gasteiger partial charge in [0.1, 0.15) is 17.9 Å². The maximum atomic E-state index is 11.7. The van der Waals surface area contributed by atoms with Crippen molar-refractivity contribution in [3.8, 4) is 0 Å². The Kier molecular flexibility index (Phi) is 4.70. The molecule has 1 N–H and O–H groups in total. The predicted molar refractivity (Wildman–Crippen MR) is 74.1 cm³/mol. The molecule has 19 heavy (non-hydrogen) atoms. The van der Waals surface area contributed by atoms with E-state index >= 15 is 0 Å². The Morgan fingerprint density at radius 2 is 1.89 bits per heavy atom. The summed E-state index contributed by atoms with van der Waals surface area (Å²) in [4.78, 5) is 22.8. The van der Waals surface area contributed by atoms with Crippen LogP contribution >= 0.6 is 0 Å². The fourth-order valence-corrected chi connectivity index (χ4v) is 1.59. The van der Waals surface area contributed by atoms with Crippen LogP contribution in [0.2, 0.25) is 0 Å². The summed E-state index contributed by atoms with van der Waals surface area (Å²) in [5.74, 6) is 0. The van der Waals surface area contributed by atoms with E-state index in [1.807, 2.05) is 32.0 Å². The van der Waals surface area contributed by atoms with Crippen LogP contribution in [0.5, 0.6) is 0 Å². The monoisotopic (exact) mass is 263 g/mol. The topological polar surface area (TPSA) is 55.4 Å². The number of hydrogen-bond donors (Lipinski definition) is 1. The Bertz CT molecular complexity index is 475. The molecule has 4 heteroatoms. The summed E-state index contributed by atoms with van der Waals surface area (Å²) in [6.07, 6.45) is 0.108. The van der Waals surface area contributed by atoms with Crippen molar-refractivity contribution in [2.24, 2.45) is 0 Å². The minimum Gasteiger partial charge on any atom is -0.444 e. The number of carbonyl (C=O) groups excluding carboxylic acids is 2. The summed E-state index contributed by atoms with van der Waals surface area (Å²) in [7, 11) is 0. The third kappa shape index (κ3) is 4.73. The Morgan fingerprint density at radius 1 is 1.26 bits per heavy atom. The van der Waals surface area contributed by atoms with Gasteiger partial charge < -0.3 is 14.8 Å². The molecule has 0 saturated carbocycles. The highest BCUT2D eigenvalue weighted by molar-refractivity contribution is 5.74. The molecule has 0 radical (unpaired) electrons. The zero-order valence-electron chi connectivity index (χ0n) is 12.1. The molecule has 0 fully saturated rings. The van der Waals surface area contributed by atoms with E-state index < -0.39 is 17.7 Å². The summed E-state index contributed by atoms with van der Waals surface area (Å²) < 4.78 is 5.14. The van der Waals surface area contributed by atoms with E-state index in [2.05, 4.69) is 5.32 Å². The van der Waals surface area contributed by atoms with Crippen LogP contribution in [0.4, 0.5) is 4.79 Å². The molecule has 0 bridgehead atoms. The second kappa shape index (κ2) is 5.87. The lowest BCUT2D eigenvalue weighted by Crippen LogP contribution is -2.35. The summed E-state index contributed by atoms with van der Waals surface area (Å²) in [5, 5.41) is 2.56. The molecular weight excluding hydrogens is 242 g/mol. The number of amides is 1. The highest BCUT2D eigenvalue weighted by Gasteiger charge is 2.20. The van der Waals surface area contributed by atoms with Crippen LogP contribution < -0.4 is 5.32 Å². The van der Waals surface area contributed by atoms with E-state index in [0.29, 0.717) is 6.29 Å². The molecular formula is C15H21NO3. The summed E-state index contributed by atoms with van der Waals surface area (Å²) in [6.45, 7) is 9.29. The van der Waals surface area contributed by atoms with Crippen LogP contribution in [0, 0.1) is 13.8 Å². The number of benzene rings is 1. The van der Waals surface area contributed by atoms with E-state index in [4.69, 9.17) is 4.74 Å². The summed E-state index contributed by atoms with van der Waals surface area (Å²) in [6, 6.07) is 4.97. The van der Waals surface area contributed by atoms with Crippen LogP contribution in [-0.4, -0.2) is 18.0 Å². The highest BCUT2D eigenvalue weighted by Crippen LogP contribution is 2.16. The first-order chi connectivity index (χ1) is 8.73. The van der Waals surface area contributed by atoms with Gasteiger partial charge in [0.25, 0.3) is 0 Å². The Labute approximate surface area is 114 Å². The molecule has 0 aliphatic rings. The Hall–Kier alpha value is -1.84. The Balaban J connectivity index is 2.81. The smallest absolute Gasteiger partial charge is 0.408 e. The predicted octanol–water partition coefficient (Wildman–Crippen LogP) is 3.07. The molecule has 1 atom stereocenters. The molecule has 104 valence electrons. The summed E-state index contributed by atoms with van der Waals surface area (Å²) in [5.41, 5.74) is 2.39. The van der Waals surface area contributed by atoms with E-state index in [1.54, 1.807) is 20.8 Å². The van der Waals surface area contributed by atoms with Crippen LogP contribution in [0.25, 0.3) is 0 Å². The second-order valence-electron chi connectivity index (χ2n) is 5.60. The molecule has 0 aromatic heterocycles. The van der Waals surface area contributed by atoms with Crippen molar-refractivity contribution < 1.29 is 14.3 Å². The molecule has 0 spiro atoms.